The van der Waals surface area contributed by atoms with Crippen LogP contribution >= 0.6 is 11.3 Å². The van der Waals surface area contributed by atoms with Crippen molar-refractivity contribution >= 4 is 21.6 Å². The Labute approximate surface area is 120 Å². The van der Waals surface area contributed by atoms with Crippen LogP contribution in [0.5, 0.6) is 5.75 Å². The fourth-order valence-electron chi connectivity index (χ4n) is 2.32. The molecule has 3 aromatic rings. The van der Waals surface area contributed by atoms with Gasteiger partial charge in [0.05, 0.1) is 18.8 Å². The smallest absolute Gasteiger partial charge is 0.260 e. The Bertz CT molecular complexity index is 820. The SMILES string of the molecule is CCc1sc2nc[nH]c(=O)c2c1-c1cccc(OC)c1. The van der Waals surface area contributed by atoms with Crippen molar-refractivity contribution in [3.8, 4) is 16.9 Å². The van der Waals surface area contributed by atoms with Gasteiger partial charge in [-0.2, -0.15) is 0 Å². The van der Waals surface area contributed by atoms with Gasteiger partial charge in [-0.1, -0.05) is 19.1 Å². The van der Waals surface area contributed by atoms with Crippen LogP contribution in [0, 0.1) is 0 Å². The summed E-state index contributed by atoms with van der Waals surface area (Å²) in [5, 5.41) is 0.669. The molecule has 1 aromatic carbocycles. The lowest BCUT2D eigenvalue weighted by Crippen LogP contribution is -2.05. The number of aryl methyl sites for hydroxylation is 1. The number of ether oxygens (including phenoxy) is 1. The van der Waals surface area contributed by atoms with Crippen molar-refractivity contribution in [2.75, 3.05) is 7.11 Å². The van der Waals surface area contributed by atoms with Crippen LogP contribution in [-0.4, -0.2) is 17.1 Å². The van der Waals surface area contributed by atoms with Crippen LogP contribution in [0.3, 0.4) is 0 Å². The van der Waals surface area contributed by atoms with Crippen molar-refractivity contribution in [1.29, 1.82) is 0 Å². The molecule has 0 amide bonds. The minimum Gasteiger partial charge on any atom is -0.497 e. The number of hydrogen-bond acceptors (Lipinski definition) is 4. The molecule has 0 radical (unpaired) electrons. The molecule has 0 atom stereocenters. The van der Waals surface area contributed by atoms with E-state index in [1.165, 1.54) is 6.33 Å². The number of aromatic amines is 1. The quantitative estimate of drug-likeness (QED) is 0.804. The lowest BCUT2D eigenvalue weighted by molar-refractivity contribution is 0.415. The number of H-pyrrole nitrogens is 1. The van der Waals surface area contributed by atoms with E-state index in [-0.39, 0.29) is 5.56 Å². The van der Waals surface area contributed by atoms with Crippen molar-refractivity contribution in [2.45, 2.75) is 13.3 Å². The number of methoxy groups -OCH3 is 1. The third kappa shape index (κ3) is 2.00. The molecule has 0 unspecified atom stereocenters. The summed E-state index contributed by atoms with van der Waals surface area (Å²) in [5.41, 5.74) is 1.87. The second-order valence-electron chi connectivity index (χ2n) is 4.40. The highest BCUT2D eigenvalue weighted by Gasteiger charge is 2.16. The van der Waals surface area contributed by atoms with Crippen molar-refractivity contribution in [3.63, 3.8) is 0 Å². The minimum absolute atomic E-state index is 0.0937. The fraction of sp³-hybridized carbons (Fsp3) is 0.200. The van der Waals surface area contributed by atoms with Gasteiger partial charge in [0.15, 0.2) is 0 Å². The minimum atomic E-state index is -0.0937. The molecule has 0 fully saturated rings. The van der Waals surface area contributed by atoms with Crippen LogP contribution in [0.1, 0.15) is 11.8 Å². The molecule has 20 heavy (non-hydrogen) atoms. The Hall–Kier alpha value is -2.14. The summed E-state index contributed by atoms with van der Waals surface area (Å²) >= 11 is 1.57. The molecule has 102 valence electrons. The highest BCUT2D eigenvalue weighted by Crippen LogP contribution is 2.37. The van der Waals surface area contributed by atoms with Crippen molar-refractivity contribution in [3.05, 3.63) is 45.8 Å². The van der Waals surface area contributed by atoms with E-state index < -0.39 is 0 Å². The molecule has 3 rings (SSSR count). The number of hydrogen-bond donors (Lipinski definition) is 1. The number of nitrogens with one attached hydrogen (secondary N) is 1. The molecule has 0 aliphatic rings. The first kappa shape index (κ1) is 12.9. The predicted octanol–water partition coefficient (Wildman–Crippen LogP) is 3.22. The van der Waals surface area contributed by atoms with Crippen molar-refractivity contribution in [1.82, 2.24) is 9.97 Å². The summed E-state index contributed by atoms with van der Waals surface area (Å²) in [7, 11) is 1.64. The van der Waals surface area contributed by atoms with E-state index in [2.05, 4.69) is 16.9 Å². The van der Waals surface area contributed by atoms with E-state index in [9.17, 15) is 4.79 Å². The number of rotatable bonds is 3. The van der Waals surface area contributed by atoms with Gasteiger partial charge in [0, 0.05) is 10.4 Å². The van der Waals surface area contributed by atoms with E-state index in [1.807, 2.05) is 24.3 Å². The number of benzene rings is 1. The van der Waals surface area contributed by atoms with E-state index in [1.54, 1.807) is 18.4 Å². The molecular formula is C15H14N2O2S. The number of fused-ring (bicyclic) bond motifs is 1. The first-order valence-electron chi connectivity index (χ1n) is 6.38. The Morgan fingerprint density at radius 3 is 3.00 bits per heavy atom. The van der Waals surface area contributed by atoms with Crippen LogP contribution in [-0.2, 0) is 6.42 Å². The number of nitrogens with zero attached hydrogens (tertiary/aromatic N) is 1. The summed E-state index contributed by atoms with van der Waals surface area (Å²) < 4.78 is 5.27. The summed E-state index contributed by atoms with van der Waals surface area (Å²) in [6, 6.07) is 7.77. The standard InChI is InChI=1S/C15H14N2O2S/c1-3-11-12(9-5-4-6-10(7-9)19-2)13-14(18)16-8-17-15(13)20-11/h4-8H,3H2,1-2H3,(H,16,17,18). The van der Waals surface area contributed by atoms with Gasteiger partial charge in [0.1, 0.15) is 10.6 Å². The highest BCUT2D eigenvalue weighted by atomic mass is 32.1. The second-order valence-corrected chi connectivity index (χ2v) is 5.48. The summed E-state index contributed by atoms with van der Waals surface area (Å²) in [4.78, 5) is 21.0. The summed E-state index contributed by atoms with van der Waals surface area (Å²) in [5.74, 6) is 0.782. The zero-order valence-electron chi connectivity index (χ0n) is 11.3. The average Bonchev–Trinajstić information content (AvgIpc) is 2.87. The zero-order valence-corrected chi connectivity index (χ0v) is 12.1. The molecule has 2 aromatic heterocycles. The third-order valence-electron chi connectivity index (χ3n) is 3.25. The van der Waals surface area contributed by atoms with Crippen molar-refractivity contribution < 1.29 is 4.74 Å². The predicted molar refractivity (Wildman–Crippen MR) is 81.6 cm³/mol. The van der Waals surface area contributed by atoms with Gasteiger partial charge >= 0.3 is 0 Å². The molecule has 0 aliphatic heterocycles. The monoisotopic (exact) mass is 286 g/mol. The normalized spacial score (nSPS) is 10.9. The second kappa shape index (κ2) is 5.09. The fourth-order valence-corrected chi connectivity index (χ4v) is 3.42. The Balaban J connectivity index is 2.36. The van der Waals surface area contributed by atoms with Crippen LogP contribution in [0.15, 0.2) is 35.4 Å². The summed E-state index contributed by atoms with van der Waals surface area (Å²) in [6.45, 7) is 2.09. The number of aromatic nitrogens is 2. The summed E-state index contributed by atoms with van der Waals surface area (Å²) in [6.07, 6.45) is 2.32. The maximum Gasteiger partial charge on any atom is 0.260 e. The number of thiophene rings is 1. The van der Waals surface area contributed by atoms with Gasteiger partial charge in [0.2, 0.25) is 0 Å². The first-order chi connectivity index (χ1) is 9.74. The molecule has 4 nitrogen and oxygen atoms in total. The van der Waals surface area contributed by atoms with E-state index in [0.717, 1.165) is 33.0 Å². The molecule has 0 saturated carbocycles. The van der Waals surface area contributed by atoms with Crippen LogP contribution in [0.25, 0.3) is 21.3 Å². The Kier molecular flexibility index (Phi) is 3.28. The molecule has 0 spiro atoms. The average molecular weight is 286 g/mol. The lowest BCUT2D eigenvalue weighted by Gasteiger charge is -2.05. The topological polar surface area (TPSA) is 55.0 Å². The van der Waals surface area contributed by atoms with E-state index in [0.29, 0.717) is 5.39 Å². The van der Waals surface area contributed by atoms with Crippen LogP contribution in [0.2, 0.25) is 0 Å². The third-order valence-corrected chi connectivity index (χ3v) is 4.49. The highest BCUT2D eigenvalue weighted by molar-refractivity contribution is 7.19. The Morgan fingerprint density at radius 1 is 1.40 bits per heavy atom. The van der Waals surface area contributed by atoms with Gasteiger partial charge in [-0.05, 0) is 24.1 Å². The van der Waals surface area contributed by atoms with Crippen molar-refractivity contribution in [2.24, 2.45) is 0 Å². The largest absolute Gasteiger partial charge is 0.497 e. The van der Waals surface area contributed by atoms with Gasteiger partial charge in [-0.25, -0.2) is 4.98 Å². The van der Waals surface area contributed by atoms with Crippen LogP contribution < -0.4 is 10.3 Å². The van der Waals surface area contributed by atoms with Gasteiger partial charge in [-0.15, -0.1) is 11.3 Å². The Morgan fingerprint density at radius 2 is 2.25 bits per heavy atom. The van der Waals surface area contributed by atoms with Gasteiger partial charge < -0.3 is 9.72 Å². The molecule has 0 bridgehead atoms. The molecule has 0 saturated heterocycles. The zero-order chi connectivity index (χ0) is 14.1. The first-order valence-corrected chi connectivity index (χ1v) is 7.19. The van der Waals surface area contributed by atoms with E-state index >= 15 is 0 Å². The lowest BCUT2D eigenvalue weighted by atomic mass is 10.0. The molecule has 2 heterocycles. The van der Waals surface area contributed by atoms with E-state index in [4.69, 9.17) is 4.74 Å². The molecule has 1 N–H and O–H groups in total. The maximum atomic E-state index is 12.1. The van der Waals surface area contributed by atoms with Crippen LogP contribution in [0.4, 0.5) is 0 Å². The van der Waals surface area contributed by atoms with Gasteiger partial charge in [-0.3, -0.25) is 4.79 Å². The van der Waals surface area contributed by atoms with Gasteiger partial charge in [0.25, 0.3) is 5.56 Å². The molecule has 5 heteroatoms. The molecular weight excluding hydrogens is 272 g/mol. The molecule has 0 aliphatic carbocycles. The maximum absolute atomic E-state index is 12.1.